The van der Waals surface area contributed by atoms with Gasteiger partial charge in [0.15, 0.2) is 0 Å². The minimum absolute atomic E-state index is 0.0903. The Morgan fingerprint density at radius 3 is 2.47 bits per heavy atom. The number of carboxylic acid groups (broad SMARTS) is 1. The predicted molar refractivity (Wildman–Crippen MR) is 73.1 cm³/mol. The summed E-state index contributed by atoms with van der Waals surface area (Å²) in [7, 11) is 0. The average molecular weight is 285 g/mol. The molecule has 19 heavy (non-hydrogen) atoms. The summed E-state index contributed by atoms with van der Waals surface area (Å²) in [5.74, 6) is -1.06. The molecular formula is C14H17ClO4. The van der Waals surface area contributed by atoms with Crippen LogP contribution < -0.4 is 0 Å². The van der Waals surface area contributed by atoms with E-state index in [1.54, 1.807) is 12.1 Å². The lowest BCUT2D eigenvalue weighted by atomic mass is 10.0. The van der Waals surface area contributed by atoms with Crippen LogP contribution in [0.15, 0.2) is 42.5 Å². The molecule has 1 aromatic carbocycles. The molecular weight excluding hydrogens is 268 g/mol. The Morgan fingerprint density at radius 2 is 1.89 bits per heavy atom. The summed E-state index contributed by atoms with van der Waals surface area (Å²) in [6, 6.07) is 9.10. The van der Waals surface area contributed by atoms with E-state index >= 15 is 0 Å². The smallest absolute Gasteiger partial charge is 0.327 e. The van der Waals surface area contributed by atoms with Crippen molar-refractivity contribution < 1.29 is 20.1 Å². The Bertz CT molecular complexity index is 419. The average Bonchev–Trinajstić information content (AvgIpc) is 2.38. The van der Waals surface area contributed by atoms with Crippen molar-refractivity contribution in [2.24, 2.45) is 0 Å². The summed E-state index contributed by atoms with van der Waals surface area (Å²) in [5, 5.41) is 27.4. The van der Waals surface area contributed by atoms with Crippen LogP contribution in [-0.4, -0.2) is 33.5 Å². The number of hydrogen-bond acceptors (Lipinski definition) is 3. The summed E-state index contributed by atoms with van der Waals surface area (Å²) in [5.41, 5.74) is 0.782. The van der Waals surface area contributed by atoms with Gasteiger partial charge in [0, 0.05) is 12.5 Å². The molecule has 104 valence electrons. The van der Waals surface area contributed by atoms with Gasteiger partial charge >= 0.3 is 5.97 Å². The first kappa shape index (κ1) is 15.7. The third-order valence-electron chi connectivity index (χ3n) is 2.64. The van der Waals surface area contributed by atoms with E-state index in [4.69, 9.17) is 16.7 Å². The maximum atomic E-state index is 10.3. The lowest BCUT2D eigenvalue weighted by Crippen LogP contribution is -2.21. The first-order valence-electron chi connectivity index (χ1n) is 5.95. The molecule has 0 aromatic heterocycles. The van der Waals surface area contributed by atoms with Crippen molar-refractivity contribution in [3.63, 3.8) is 0 Å². The van der Waals surface area contributed by atoms with Gasteiger partial charge < -0.3 is 15.3 Å². The lowest BCUT2D eigenvalue weighted by molar-refractivity contribution is -0.131. The second kappa shape index (κ2) is 7.94. The summed E-state index contributed by atoms with van der Waals surface area (Å²) in [6.45, 7) is 0. The number of benzene rings is 1. The molecule has 0 fully saturated rings. The Morgan fingerprint density at radius 1 is 1.26 bits per heavy atom. The summed E-state index contributed by atoms with van der Waals surface area (Å²) >= 11 is 6.11. The Hall–Kier alpha value is -1.36. The van der Waals surface area contributed by atoms with Crippen molar-refractivity contribution in [2.75, 3.05) is 0 Å². The fourth-order valence-electron chi connectivity index (χ4n) is 1.68. The number of hydrogen-bond donors (Lipinski definition) is 3. The van der Waals surface area contributed by atoms with E-state index < -0.39 is 23.6 Å². The van der Waals surface area contributed by atoms with Crippen LogP contribution in [0, 0.1) is 0 Å². The number of aliphatic carboxylic acids is 1. The second-order valence-corrected chi connectivity index (χ2v) is 4.72. The zero-order valence-electron chi connectivity index (χ0n) is 10.3. The Balaban J connectivity index is 2.45. The highest BCUT2D eigenvalue weighted by Crippen LogP contribution is 2.26. The largest absolute Gasteiger partial charge is 0.478 e. The van der Waals surface area contributed by atoms with Gasteiger partial charge in [-0.05, 0) is 12.0 Å². The van der Waals surface area contributed by atoms with E-state index in [0.717, 1.165) is 11.6 Å². The Kier molecular flexibility index (Phi) is 6.56. The molecule has 0 aliphatic rings. The number of aliphatic hydroxyl groups is 2. The van der Waals surface area contributed by atoms with Gasteiger partial charge in [-0.2, -0.15) is 0 Å². The van der Waals surface area contributed by atoms with E-state index in [1.165, 1.54) is 6.08 Å². The summed E-state index contributed by atoms with van der Waals surface area (Å²) in [4.78, 5) is 10.3. The third-order valence-corrected chi connectivity index (χ3v) is 3.18. The van der Waals surface area contributed by atoms with E-state index in [0.29, 0.717) is 0 Å². The van der Waals surface area contributed by atoms with Crippen LogP contribution in [0.3, 0.4) is 0 Å². The van der Waals surface area contributed by atoms with E-state index in [1.807, 2.05) is 18.2 Å². The molecule has 3 N–H and O–H groups in total. The third kappa shape index (κ3) is 5.87. The normalized spacial score (nSPS) is 16.2. The van der Waals surface area contributed by atoms with Crippen LogP contribution >= 0.6 is 11.6 Å². The number of carbonyl (C=O) groups is 1. The first-order valence-corrected chi connectivity index (χ1v) is 6.39. The SMILES string of the molecule is O=C(O)/C=C/CC(O)CC(O)C(Cl)c1ccccc1. The molecule has 0 aliphatic carbocycles. The minimum Gasteiger partial charge on any atom is -0.478 e. The number of rotatable bonds is 7. The van der Waals surface area contributed by atoms with Gasteiger partial charge in [-0.3, -0.25) is 0 Å². The van der Waals surface area contributed by atoms with E-state index in [-0.39, 0.29) is 12.8 Å². The molecule has 0 spiro atoms. The molecule has 0 amide bonds. The van der Waals surface area contributed by atoms with Crippen molar-refractivity contribution in [1.29, 1.82) is 0 Å². The van der Waals surface area contributed by atoms with Gasteiger partial charge in [0.2, 0.25) is 0 Å². The molecule has 0 heterocycles. The summed E-state index contributed by atoms with van der Waals surface area (Å²) in [6.07, 6.45) is 0.860. The molecule has 4 nitrogen and oxygen atoms in total. The van der Waals surface area contributed by atoms with Crippen LogP contribution in [0.2, 0.25) is 0 Å². The fourth-order valence-corrected chi connectivity index (χ4v) is 1.93. The molecule has 0 saturated carbocycles. The van der Waals surface area contributed by atoms with Crippen LogP contribution in [0.5, 0.6) is 0 Å². The van der Waals surface area contributed by atoms with Gasteiger partial charge in [0.25, 0.3) is 0 Å². The van der Waals surface area contributed by atoms with Crippen LogP contribution in [0.1, 0.15) is 23.8 Å². The van der Waals surface area contributed by atoms with Crippen LogP contribution in [-0.2, 0) is 4.79 Å². The van der Waals surface area contributed by atoms with E-state index in [9.17, 15) is 15.0 Å². The number of alkyl halides is 1. The topological polar surface area (TPSA) is 77.8 Å². The maximum absolute atomic E-state index is 10.3. The monoisotopic (exact) mass is 284 g/mol. The maximum Gasteiger partial charge on any atom is 0.327 e. The number of halogens is 1. The first-order chi connectivity index (χ1) is 9.00. The number of carboxylic acids is 1. The molecule has 0 saturated heterocycles. The summed E-state index contributed by atoms with van der Waals surface area (Å²) < 4.78 is 0. The van der Waals surface area contributed by atoms with Crippen molar-refractivity contribution in [1.82, 2.24) is 0 Å². The van der Waals surface area contributed by atoms with E-state index in [2.05, 4.69) is 0 Å². The van der Waals surface area contributed by atoms with Crippen molar-refractivity contribution >= 4 is 17.6 Å². The fraction of sp³-hybridized carbons (Fsp3) is 0.357. The van der Waals surface area contributed by atoms with Gasteiger partial charge in [-0.25, -0.2) is 4.79 Å². The standard InChI is InChI=1S/C14H17ClO4/c15-14(10-5-2-1-3-6-10)12(17)9-11(16)7-4-8-13(18)19/h1-6,8,11-12,14,16-17H,7,9H2,(H,18,19)/b8-4+. The van der Waals surface area contributed by atoms with Gasteiger partial charge in [0.1, 0.15) is 0 Å². The van der Waals surface area contributed by atoms with Crippen molar-refractivity contribution in [2.45, 2.75) is 30.4 Å². The quantitative estimate of drug-likeness (QED) is 0.529. The lowest BCUT2D eigenvalue weighted by Gasteiger charge is -2.19. The van der Waals surface area contributed by atoms with Crippen molar-refractivity contribution in [3.05, 3.63) is 48.0 Å². The second-order valence-electron chi connectivity index (χ2n) is 4.25. The van der Waals surface area contributed by atoms with Gasteiger partial charge in [-0.15, -0.1) is 11.6 Å². The minimum atomic E-state index is -1.06. The van der Waals surface area contributed by atoms with Crippen LogP contribution in [0.4, 0.5) is 0 Å². The molecule has 1 aromatic rings. The highest BCUT2D eigenvalue weighted by Gasteiger charge is 2.21. The van der Waals surface area contributed by atoms with Crippen LogP contribution in [0.25, 0.3) is 0 Å². The zero-order valence-corrected chi connectivity index (χ0v) is 11.1. The van der Waals surface area contributed by atoms with Gasteiger partial charge in [0.05, 0.1) is 17.6 Å². The predicted octanol–water partition coefficient (Wildman–Crippen LogP) is 2.11. The Labute approximate surface area is 117 Å². The highest BCUT2D eigenvalue weighted by atomic mass is 35.5. The molecule has 3 unspecified atom stereocenters. The van der Waals surface area contributed by atoms with Crippen molar-refractivity contribution in [3.8, 4) is 0 Å². The molecule has 0 aliphatic heterocycles. The highest BCUT2D eigenvalue weighted by molar-refractivity contribution is 6.21. The molecule has 5 heteroatoms. The zero-order chi connectivity index (χ0) is 14.3. The van der Waals surface area contributed by atoms with Gasteiger partial charge in [-0.1, -0.05) is 36.4 Å². The molecule has 0 bridgehead atoms. The molecule has 3 atom stereocenters. The molecule has 1 rings (SSSR count). The molecule has 0 radical (unpaired) electrons. The number of aliphatic hydroxyl groups excluding tert-OH is 2.